The van der Waals surface area contributed by atoms with Crippen LogP contribution in [0.25, 0.3) is 0 Å². The molecule has 2 aliphatic carbocycles. The van der Waals surface area contributed by atoms with Gasteiger partial charge in [0.15, 0.2) is 0 Å². The smallest absolute Gasteiger partial charge is 0.309 e. The SMILES string of the molecule is COc1ccc(CCC2(C(=O)O)CC3CC3C2)cc1. The topological polar surface area (TPSA) is 46.5 Å². The maximum absolute atomic E-state index is 11.6. The van der Waals surface area contributed by atoms with Crippen molar-refractivity contribution in [3.05, 3.63) is 29.8 Å². The van der Waals surface area contributed by atoms with Crippen molar-refractivity contribution in [2.24, 2.45) is 17.3 Å². The molecule has 2 saturated carbocycles. The molecule has 1 N–H and O–H groups in total. The third-order valence-electron chi connectivity index (χ3n) is 4.88. The third kappa shape index (κ3) is 2.34. The number of benzene rings is 1. The summed E-state index contributed by atoms with van der Waals surface area (Å²) in [7, 11) is 1.65. The fourth-order valence-corrected chi connectivity index (χ4v) is 3.56. The average molecular weight is 260 g/mol. The fourth-order valence-electron chi connectivity index (χ4n) is 3.56. The predicted molar refractivity (Wildman–Crippen MR) is 72.2 cm³/mol. The first-order valence-electron chi connectivity index (χ1n) is 6.99. The molecular weight excluding hydrogens is 240 g/mol. The highest BCUT2D eigenvalue weighted by molar-refractivity contribution is 5.75. The molecule has 1 aromatic carbocycles. The van der Waals surface area contributed by atoms with Crippen molar-refractivity contribution >= 4 is 5.97 Å². The van der Waals surface area contributed by atoms with Gasteiger partial charge in [0.25, 0.3) is 0 Å². The van der Waals surface area contributed by atoms with Gasteiger partial charge in [0.1, 0.15) is 5.75 Å². The maximum atomic E-state index is 11.6. The fraction of sp³-hybridized carbons (Fsp3) is 0.562. The average Bonchev–Trinajstić information content (AvgIpc) is 3.04. The lowest BCUT2D eigenvalue weighted by Crippen LogP contribution is -2.30. The highest BCUT2D eigenvalue weighted by atomic mass is 16.5. The monoisotopic (exact) mass is 260 g/mol. The molecule has 19 heavy (non-hydrogen) atoms. The maximum Gasteiger partial charge on any atom is 0.309 e. The minimum Gasteiger partial charge on any atom is -0.497 e. The standard InChI is InChI=1S/C16H20O3/c1-19-14-4-2-11(3-5-14)6-7-16(15(17)18)9-12-8-13(12)10-16/h2-5,12-13H,6-10H2,1H3,(H,17,18). The molecule has 0 amide bonds. The van der Waals surface area contributed by atoms with Gasteiger partial charge in [-0.25, -0.2) is 0 Å². The number of hydrogen-bond donors (Lipinski definition) is 1. The first kappa shape index (κ1) is 12.5. The number of ether oxygens (including phenoxy) is 1. The minimum atomic E-state index is -0.590. The van der Waals surface area contributed by atoms with Crippen LogP contribution in [0.1, 0.15) is 31.2 Å². The van der Waals surface area contributed by atoms with Gasteiger partial charge in [-0.1, -0.05) is 12.1 Å². The van der Waals surface area contributed by atoms with E-state index in [-0.39, 0.29) is 0 Å². The zero-order chi connectivity index (χ0) is 13.5. The van der Waals surface area contributed by atoms with Crippen molar-refractivity contribution in [2.45, 2.75) is 32.1 Å². The van der Waals surface area contributed by atoms with Crippen LogP contribution in [0.5, 0.6) is 5.75 Å². The van der Waals surface area contributed by atoms with Crippen molar-refractivity contribution in [1.82, 2.24) is 0 Å². The first-order chi connectivity index (χ1) is 9.13. The van der Waals surface area contributed by atoms with E-state index in [1.165, 1.54) is 12.0 Å². The lowest BCUT2D eigenvalue weighted by molar-refractivity contribution is -0.149. The van der Waals surface area contributed by atoms with Gasteiger partial charge in [0.05, 0.1) is 12.5 Å². The summed E-state index contributed by atoms with van der Waals surface area (Å²) in [4.78, 5) is 11.6. The summed E-state index contributed by atoms with van der Waals surface area (Å²) in [6.07, 6.45) is 4.65. The molecule has 102 valence electrons. The Morgan fingerprint density at radius 3 is 2.47 bits per heavy atom. The van der Waals surface area contributed by atoms with Crippen molar-refractivity contribution in [3.8, 4) is 5.75 Å². The molecule has 2 unspecified atom stereocenters. The zero-order valence-corrected chi connectivity index (χ0v) is 11.3. The van der Waals surface area contributed by atoms with Crippen molar-refractivity contribution in [3.63, 3.8) is 0 Å². The zero-order valence-electron chi connectivity index (χ0n) is 11.3. The van der Waals surface area contributed by atoms with Gasteiger partial charge >= 0.3 is 5.97 Å². The Morgan fingerprint density at radius 1 is 1.32 bits per heavy atom. The van der Waals surface area contributed by atoms with Crippen LogP contribution in [0, 0.1) is 17.3 Å². The summed E-state index contributed by atoms with van der Waals surface area (Å²) in [5.41, 5.74) is 0.745. The van der Waals surface area contributed by atoms with E-state index in [2.05, 4.69) is 0 Å². The van der Waals surface area contributed by atoms with E-state index in [0.29, 0.717) is 11.8 Å². The Morgan fingerprint density at radius 2 is 1.95 bits per heavy atom. The number of rotatable bonds is 5. The number of carboxylic acid groups (broad SMARTS) is 1. The molecule has 0 saturated heterocycles. The largest absolute Gasteiger partial charge is 0.497 e. The highest BCUT2D eigenvalue weighted by Crippen LogP contribution is 2.61. The Labute approximate surface area is 113 Å². The number of aliphatic carboxylic acids is 1. The molecule has 2 aliphatic rings. The summed E-state index contributed by atoms with van der Waals surface area (Å²) >= 11 is 0. The molecule has 3 nitrogen and oxygen atoms in total. The Bertz CT molecular complexity index is 467. The number of fused-ring (bicyclic) bond motifs is 1. The van der Waals surface area contributed by atoms with E-state index >= 15 is 0 Å². The number of aryl methyl sites for hydroxylation is 1. The van der Waals surface area contributed by atoms with Crippen LogP contribution in [0.4, 0.5) is 0 Å². The first-order valence-corrected chi connectivity index (χ1v) is 6.99. The number of carbonyl (C=O) groups is 1. The second-order valence-corrected chi connectivity index (χ2v) is 6.10. The molecular formula is C16H20O3. The van der Waals surface area contributed by atoms with Gasteiger partial charge in [-0.15, -0.1) is 0 Å². The van der Waals surface area contributed by atoms with Crippen LogP contribution in [-0.2, 0) is 11.2 Å². The Hall–Kier alpha value is -1.51. The van der Waals surface area contributed by atoms with E-state index in [1.54, 1.807) is 7.11 Å². The van der Waals surface area contributed by atoms with Crippen molar-refractivity contribution in [1.29, 1.82) is 0 Å². The van der Waals surface area contributed by atoms with E-state index in [1.807, 2.05) is 24.3 Å². The molecule has 0 heterocycles. The summed E-state index contributed by atoms with van der Waals surface area (Å²) in [5.74, 6) is 1.66. The van der Waals surface area contributed by atoms with Crippen LogP contribution < -0.4 is 4.74 Å². The molecule has 1 aromatic rings. The number of methoxy groups -OCH3 is 1. The van der Waals surface area contributed by atoms with Crippen LogP contribution in [0.2, 0.25) is 0 Å². The highest BCUT2D eigenvalue weighted by Gasteiger charge is 2.57. The van der Waals surface area contributed by atoms with Crippen LogP contribution >= 0.6 is 0 Å². The molecule has 2 atom stereocenters. The number of carboxylic acids is 1. The second-order valence-electron chi connectivity index (χ2n) is 6.10. The van der Waals surface area contributed by atoms with Gasteiger partial charge < -0.3 is 9.84 Å². The van der Waals surface area contributed by atoms with Crippen LogP contribution in [-0.4, -0.2) is 18.2 Å². The summed E-state index contributed by atoms with van der Waals surface area (Å²) in [6.45, 7) is 0. The Balaban J connectivity index is 1.65. The van der Waals surface area contributed by atoms with Crippen molar-refractivity contribution < 1.29 is 14.6 Å². The summed E-state index contributed by atoms with van der Waals surface area (Å²) in [5, 5.41) is 9.54. The van der Waals surface area contributed by atoms with Gasteiger partial charge in [-0.3, -0.25) is 4.79 Å². The van der Waals surface area contributed by atoms with Gasteiger partial charge in [-0.05, 0) is 61.6 Å². The summed E-state index contributed by atoms with van der Waals surface area (Å²) in [6, 6.07) is 7.94. The van der Waals surface area contributed by atoms with Gasteiger partial charge in [-0.2, -0.15) is 0 Å². The molecule has 0 aliphatic heterocycles. The predicted octanol–water partition coefficient (Wildman–Crippen LogP) is 3.13. The lowest BCUT2D eigenvalue weighted by atomic mass is 9.78. The Kier molecular flexibility index (Phi) is 3.00. The molecule has 3 rings (SSSR count). The van der Waals surface area contributed by atoms with E-state index in [4.69, 9.17) is 4.74 Å². The minimum absolute atomic E-state index is 0.451. The second kappa shape index (κ2) is 4.55. The van der Waals surface area contributed by atoms with E-state index < -0.39 is 11.4 Å². The lowest BCUT2D eigenvalue weighted by Gasteiger charge is -2.25. The quantitative estimate of drug-likeness (QED) is 0.884. The molecule has 0 radical (unpaired) electrons. The molecule has 0 bridgehead atoms. The van der Waals surface area contributed by atoms with Crippen LogP contribution in [0.3, 0.4) is 0 Å². The third-order valence-corrected chi connectivity index (χ3v) is 4.88. The normalized spacial score (nSPS) is 31.8. The van der Waals surface area contributed by atoms with E-state index in [0.717, 1.165) is 31.4 Å². The number of hydrogen-bond acceptors (Lipinski definition) is 2. The summed E-state index contributed by atoms with van der Waals surface area (Å²) < 4.78 is 5.13. The van der Waals surface area contributed by atoms with Gasteiger partial charge in [0, 0.05) is 0 Å². The van der Waals surface area contributed by atoms with Gasteiger partial charge in [0.2, 0.25) is 0 Å². The van der Waals surface area contributed by atoms with E-state index in [9.17, 15) is 9.90 Å². The molecule has 0 spiro atoms. The van der Waals surface area contributed by atoms with Crippen LogP contribution in [0.15, 0.2) is 24.3 Å². The van der Waals surface area contributed by atoms with Crippen molar-refractivity contribution in [2.75, 3.05) is 7.11 Å². The molecule has 2 fully saturated rings. The molecule has 0 aromatic heterocycles. The molecule has 3 heteroatoms.